The van der Waals surface area contributed by atoms with Crippen LogP contribution in [-0.4, -0.2) is 42.5 Å². The topological polar surface area (TPSA) is 58.6 Å². The SMILES string of the molecule is C=CC(=O)C12CCN(c3nc(OC)nc4c3CCN(c3cccc5cccc(Cl)c35)C4)CC1C2C. The fourth-order valence-electron chi connectivity index (χ4n) is 6.51. The molecule has 2 aliphatic heterocycles. The van der Waals surface area contributed by atoms with E-state index in [0.29, 0.717) is 24.4 Å². The molecule has 1 saturated carbocycles. The minimum Gasteiger partial charge on any atom is -0.467 e. The number of anilines is 2. The van der Waals surface area contributed by atoms with Gasteiger partial charge in [0.1, 0.15) is 5.82 Å². The molecular weight excluding hydrogens is 460 g/mol. The van der Waals surface area contributed by atoms with Crippen molar-refractivity contribution in [3.63, 3.8) is 0 Å². The number of hydrogen-bond acceptors (Lipinski definition) is 6. The number of rotatable bonds is 5. The van der Waals surface area contributed by atoms with Gasteiger partial charge in [-0.1, -0.05) is 49.4 Å². The zero-order valence-electron chi connectivity index (χ0n) is 20.1. The molecule has 3 atom stereocenters. The van der Waals surface area contributed by atoms with Crippen LogP contribution in [-0.2, 0) is 17.8 Å². The summed E-state index contributed by atoms with van der Waals surface area (Å²) in [6.45, 7) is 9.09. The second kappa shape index (κ2) is 8.23. The smallest absolute Gasteiger partial charge is 0.318 e. The fraction of sp³-hybridized carbons (Fsp3) is 0.393. The lowest BCUT2D eigenvalue weighted by Crippen LogP contribution is -2.40. The van der Waals surface area contributed by atoms with E-state index in [9.17, 15) is 4.79 Å². The highest BCUT2D eigenvalue weighted by Gasteiger charge is 2.67. The van der Waals surface area contributed by atoms with Crippen LogP contribution >= 0.6 is 11.6 Å². The van der Waals surface area contributed by atoms with Gasteiger partial charge in [-0.25, -0.2) is 0 Å². The average Bonchev–Trinajstić information content (AvgIpc) is 3.51. The second-order valence-corrected chi connectivity index (χ2v) is 10.4. The van der Waals surface area contributed by atoms with E-state index in [1.165, 1.54) is 11.6 Å². The third-order valence-corrected chi connectivity index (χ3v) is 8.82. The Hall–Kier alpha value is -3.12. The van der Waals surface area contributed by atoms with Crippen LogP contribution in [0, 0.1) is 17.3 Å². The first-order valence-corrected chi connectivity index (χ1v) is 12.6. The van der Waals surface area contributed by atoms with E-state index >= 15 is 0 Å². The molecule has 0 radical (unpaired) electrons. The molecule has 0 amide bonds. The van der Waals surface area contributed by atoms with Gasteiger partial charge in [0, 0.05) is 41.7 Å². The number of carbonyl (C=O) groups excluding carboxylic acids is 1. The van der Waals surface area contributed by atoms with Crippen molar-refractivity contribution >= 4 is 39.7 Å². The van der Waals surface area contributed by atoms with Gasteiger partial charge in [0.15, 0.2) is 5.78 Å². The lowest BCUT2D eigenvalue weighted by atomic mass is 9.89. The summed E-state index contributed by atoms with van der Waals surface area (Å²) in [6, 6.07) is 12.7. The van der Waals surface area contributed by atoms with Gasteiger partial charge in [-0.2, -0.15) is 9.97 Å². The maximum absolute atomic E-state index is 12.6. The number of aromatic nitrogens is 2. The number of methoxy groups -OCH3 is 1. The molecule has 0 spiro atoms. The van der Waals surface area contributed by atoms with Crippen molar-refractivity contribution in [1.82, 2.24) is 9.97 Å². The molecule has 1 aliphatic carbocycles. The van der Waals surface area contributed by atoms with Crippen LogP contribution in [0.2, 0.25) is 5.02 Å². The standard InChI is InChI=1S/C28H29ClN4O2/c1-4-24(34)28-12-14-33(15-20(28)17(28)2)26-19-11-13-32(16-22(19)30-27(31-26)35-3)23-10-6-8-18-7-5-9-21(29)25(18)23/h4-10,17,20H,1,11-16H2,2-3H3. The molecule has 1 saturated heterocycles. The summed E-state index contributed by atoms with van der Waals surface area (Å²) in [7, 11) is 1.61. The fourth-order valence-corrected chi connectivity index (χ4v) is 6.79. The van der Waals surface area contributed by atoms with Crippen LogP contribution in [0.5, 0.6) is 6.01 Å². The number of halogens is 1. The minimum atomic E-state index is -0.222. The zero-order valence-corrected chi connectivity index (χ0v) is 20.9. The Morgan fingerprint density at radius 2 is 2.00 bits per heavy atom. The lowest BCUT2D eigenvalue weighted by Gasteiger charge is -2.36. The van der Waals surface area contributed by atoms with E-state index in [2.05, 4.69) is 47.6 Å². The van der Waals surface area contributed by atoms with Crippen molar-refractivity contribution in [3.05, 3.63) is 65.3 Å². The maximum atomic E-state index is 12.6. The molecule has 6 nitrogen and oxygen atoms in total. The summed E-state index contributed by atoms with van der Waals surface area (Å²) < 4.78 is 5.52. The van der Waals surface area contributed by atoms with E-state index in [-0.39, 0.29) is 11.2 Å². The van der Waals surface area contributed by atoms with E-state index < -0.39 is 0 Å². The molecule has 2 fully saturated rings. The molecule has 35 heavy (non-hydrogen) atoms. The monoisotopic (exact) mass is 488 g/mol. The molecule has 3 aromatic rings. The Morgan fingerprint density at radius 3 is 2.74 bits per heavy atom. The van der Waals surface area contributed by atoms with Crippen molar-refractivity contribution in [2.24, 2.45) is 17.3 Å². The van der Waals surface area contributed by atoms with Crippen molar-refractivity contribution in [2.75, 3.05) is 36.5 Å². The number of ketones is 1. The van der Waals surface area contributed by atoms with Crippen molar-refractivity contribution < 1.29 is 9.53 Å². The second-order valence-electron chi connectivity index (χ2n) is 9.95. The van der Waals surface area contributed by atoms with E-state index in [0.717, 1.165) is 65.5 Å². The highest BCUT2D eigenvalue weighted by Crippen LogP contribution is 2.64. The molecular formula is C28H29ClN4O2. The van der Waals surface area contributed by atoms with Crippen LogP contribution in [0.3, 0.4) is 0 Å². The van der Waals surface area contributed by atoms with Gasteiger partial charge in [0.25, 0.3) is 0 Å². The number of allylic oxidation sites excluding steroid dienone is 1. The third kappa shape index (κ3) is 3.33. The first-order valence-electron chi connectivity index (χ1n) is 12.3. The number of fused-ring (bicyclic) bond motifs is 3. The molecule has 0 N–H and O–H groups in total. The van der Waals surface area contributed by atoms with E-state index in [4.69, 9.17) is 26.3 Å². The Bertz CT molecular complexity index is 1350. The molecule has 1 aromatic heterocycles. The summed E-state index contributed by atoms with van der Waals surface area (Å²) in [6.07, 6.45) is 3.18. The van der Waals surface area contributed by atoms with Crippen molar-refractivity contribution in [1.29, 1.82) is 0 Å². The number of benzene rings is 2. The molecule has 2 aromatic carbocycles. The lowest BCUT2D eigenvalue weighted by molar-refractivity contribution is -0.120. The molecule has 3 heterocycles. The Balaban J connectivity index is 1.33. The number of nitrogens with zero attached hydrogens (tertiary/aromatic N) is 4. The predicted molar refractivity (Wildman–Crippen MR) is 139 cm³/mol. The van der Waals surface area contributed by atoms with Gasteiger partial charge in [-0.3, -0.25) is 4.79 Å². The van der Waals surface area contributed by atoms with Crippen LogP contribution < -0.4 is 14.5 Å². The van der Waals surface area contributed by atoms with Gasteiger partial charge in [-0.15, -0.1) is 0 Å². The predicted octanol–water partition coefficient (Wildman–Crippen LogP) is 5.07. The molecule has 0 bridgehead atoms. The highest BCUT2D eigenvalue weighted by atomic mass is 35.5. The summed E-state index contributed by atoms with van der Waals surface area (Å²) >= 11 is 6.62. The van der Waals surface area contributed by atoms with Crippen LogP contribution in [0.25, 0.3) is 10.8 Å². The van der Waals surface area contributed by atoms with Crippen LogP contribution in [0.1, 0.15) is 24.6 Å². The Labute approximate surface area is 210 Å². The summed E-state index contributed by atoms with van der Waals surface area (Å²) in [5, 5.41) is 2.96. The number of carbonyl (C=O) groups is 1. The maximum Gasteiger partial charge on any atom is 0.318 e. The largest absolute Gasteiger partial charge is 0.467 e. The third-order valence-electron chi connectivity index (χ3n) is 8.50. The first kappa shape index (κ1) is 22.4. The molecule has 3 aliphatic rings. The van der Waals surface area contributed by atoms with Gasteiger partial charge < -0.3 is 14.5 Å². The molecule has 3 unspecified atom stereocenters. The van der Waals surface area contributed by atoms with Gasteiger partial charge in [-0.05, 0) is 48.3 Å². The van der Waals surface area contributed by atoms with E-state index in [1.54, 1.807) is 7.11 Å². The Kier molecular flexibility index (Phi) is 5.26. The average molecular weight is 489 g/mol. The summed E-state index contributed by atoms with van der Waals surface area (Å²) in [5.41, 5.74) is 3.07. The minimum absolute atomic E-state index is 0.196. The molecule has 7 heteroatoms. The van der Waals surface area contributed by atoms with E-state index in [1.807, 2.05) is 12.1 Å². The quantitative estimate of drug-likeness (QED) is 0.467. The molecule has 180 valence electrons. The van der Waals surface area contributed by atoms with Crippen LogP contribution in [0.4, 0.5) is 11.5 Å². The summed E-state index contributed by atoms with van der Waals surface area (Å²) in [4.78, 5) is 26.9. The zero-order chi connectivity index (χ0) is 24.3. The van der Waals surface area contributed by atoms with Crippen molar-refractivity contribution in [2.45, 2.75) is 26.3 Å². The number of piperidine rings is 1. The van der Waals surface area contributed by atoms with Gasteiger partial charge in [0.05, 0.1) is 24.4 Å². The number of hydrogen-bond donors (Lipinski definition) is 0. The van der Waals surface area contributed by atoms with Gasteiger partial charge in [0.2, 0.25) is 0 Å². The van der Waals surface area contributed by atoms with Gasteiger partial charge >= 0.3 is 6.01 Å². The number of ether oxygens (including phenoxy) is 1. The first-order chi connectivity index (χ1) is 17.0. The normalized spacial score (nSPS) is 25.1. The van der Waals surface area contributed by atoms with Crippen LogP contribution in [0.15, 0.2) is 49.1 Å². The summed E-state index contributed by atoms with van der Waals surface area (Å²) in [5.74, 6) is 1.88. The van der Waals surface area contributed by atoms with Crippen molar-refractivity contribution in [3.8, 4) is 6.01 Å². The highest BCUT2D eigenvalue weighted by molar-refractivity contribution is 6.36. The molecule has 6 rings (SSSR count). The Morgan fingerprint density at radius 1 is 1.20 bits per heavy atom.